The lowest BCUT2D eigenvalue weighted by atomic mass is 10.2. The largest absolute Gasteiger partial charge is 0.322 e. The average Bonchev–Trinajstić information content (AvgIpc) is 2.62. The van der Waals surface area contributed by atoms with Crippen molar-refractivity contribution >= 4 is 34.8 Å². The summed E-state index contributed by atoms with van der Waals surface area (Å²) in [6.45, 7) is 0.140. The normalized spacial score (nSPS) is 10.7. The Labute approximate surface area is 163 Å². The summed E-state index contributed by atoms with van der Waals surface area (Å²) in [4.78, 5) is 24.4. The first kappa shape index (κ1) is 19.1. The summed E-state index contributed by atoms with van der Waals surface area (Å²) >= 11 is 12.0. The van der Waals surface area contributed by atoms with Crippen LogP contribution in [0.2, 0.25) is 10.0 Å². The van der Waals surface area contributed by atoms with Crippen molar-refractivity contribution in [1.29, 1.82) is 0 Å². The van der Waals surface area contributed by atoms with Gasteiger partial charge in [-0.25, -0.2) is 8.78 Å². The molecule has 4 nitrogen and oxygen atoms in total. The van der Waals surface area contributed by atoms with E-state index in [1.165, 1.54) is 29.0 Å². The number of aromatic nitrogens is 1. The van der Waals surface area contributed by atoms with Crippen molar-refractivity contribution in [2.45, 2.75) is 6.54 Å². The van der Waals surface area contributed by atoms with Crippen LogP contribution in [0.5, 0.6) is 0 Å². The van der Waals surface area contributed by atoms with Gasteiger partial charge < -0.3 is 9.88 Å². The molecule has 8 heteroatoms. The van der Waals surface area contributed by atoms with Gasteiger partial charge in [0.1, 0.15) is 0 Å². The minimum absolute atomic E-state index is 0.0948. The van der Waals surface area contributed by atoms with Crippen LogP contribution in [0.1, 0.15) is 15.9 Å². The molecule has 3 rings (SSSR count). The molecule has 3 aromatic rings. The second-order valence-corrected chi connectivity index (χ2v) is 6.55. The molecule has 0 saturated carbocycles. The molecule has 0 bridgehead atoms. The van der Waals surface area contributed by atoms with Gasteiger partial charge in [-0.05, 0) is 35.9 Å². The highest BCUT2D eigenvalue weighted by Crippen LogP contribution is 2.21. The Hall–Kier alpha value is -2.70. The number of halogens is 4. The van der Waals surface area contributed by atoms with Crippen LogP contribution in [0.3, 0.4) is 0 Å². The Morgan fingerprint density at radius 1 is 1.00 bits per heavy atom. The number of pyridine rings is 1. The number of benzene rings is 2. The van der Waals surface area contributed by atoms with E-state index in [2.05, 4.69) is 5.32 Å². The van der Waals surface area contributed by atoms with Crippen molar-refractivity contribution < 1.29 is 13.6 Å². The molecule has 1 heterocycles. The second-order valence-electron chi connectivity index (χ2n) is 5.70. The van der Waals surface area contributed by atoms with Crippen molar-refractivity contribution in [3.05, 3.63) is 97.9 Å². The zero-order valence-corrected chi connectivity index (χ0v) is 15.2. The lowest BCUT2D eigenvalue weighted by Gasteiger charge is -2.10. The molecular weight excluding hydrogens is 397 g/mol. The molecule has 0 spiro atoms. The molecule has 0 aliphatic heterocycles. The molecule has 0 saturated heterocycles. The number of amides is 1. The Bertz CT molecular complexity index is 1080. The van der Waals surface area contributed by atoms with Crippen LogP contribution in [0.4, 0.5) is 14.5 Å². The minimum atomic E-state index is -1.07. The van der Waals surface area contributed by atoms with E-state index in [0.717, 1.165) is 12.1 Å². The minimum Gasteiger partial charge on any atom is -0.322 e. The summed E-state index contributed by atoms with van der Waals surface area (Å²) in [5.74, 6) is -2.66. The fraction of sp³-hybridized carbons (Fsp3) is 0.0526. The molecule has 1 amide bonds. The van der Waals surface area contributed by atoms with Crippen LogP contribution in [0.25, 0.3) is 0 Å². The van der Waals surface area contributed by atoms with Gasteiger partial charge in [-0.15, -0.1) is 0 Å². The molecule has 1 aromatic heterocycles. The van der Waals surface area contributed by atoms with E-state index >= 15 is 0 Å². The van der Waals surface area contributed by atoms with E-state index in [0.29, 0.717) is 15.6 Å². The highest BCUT2D eigenvalue weighted by Gasteiger charge is 2.11. The van der Waals surface area contributed by atoms with E-state index in [1.807, 2.05) is 0 Å². The predicted molar refractivity (Wildman–Crippen MR) is 101 cm³/mol. The fourth-order valence-electron chi connectivity index (χ4n) is 2.40. The van der Waals surface area contributed by atoms with E-state index in [-0.39, 0.29) is 23.4 Å². The van der Waals surface area contributed by atoms with Gasteiger partial charge in [0.15, 0.2) is 11.6 Å². The lowest BCUT2D eigenvalue weighted by molar-refractivity contribution is 0.102. The summed E-state index contributed by atoms with van der Waals surface area (Å²) in [6, 6.07) is 10.5. The molecule has 27 heavy (non-hydrogen) atoms. The van der Waals surface area contributed by atoms with Crippen LogP contribution in [-0.2, 0) is 6.54 Å². The van der Waals surface area contributed by atoms with Gasteiger partial charge in [-0.2, -0.15) is 0 Å². The predicted octanol–water partition coefficient (Wildman–Crippen LogP) is 4.73. The highest BCUT2D eigenvalue weighted by molar-refractivity contribution is 6.35. The van der Waals surface area contributed by atoms with Crippen LogP contribution < -0.4 is 10.9 Å². The van der Waals surface area contributed by atoms with Gasteiger partial charge in [0.05, 0.1) is 12.1 Å². The topological polar surface area (TPSA) is 51.1 Å². The van der Waals surface area contributed by atoms with Crippen LogP contribution in [-0.4, -0.2) is 10.5 Å². The molecule has 0 atom stereocenters. The number of rotatable bonds is 4. The van der Waals surface area contributed by atoms with E-state index in [4.69, 9.17) is 23.2 Å². The van der Waals surface area contributed by atoms with Crippen LogP contribution >= 0.6 is 23.2 Å². The van der Waals surface area contributed by atoms with Crippen LogP contribution in [0, 0.1) is 11.6 Å². The number of hydrogen-bond donors (Lipinski definition) is 1. The maximum atomic E-state index is 13.3. The molecule has 0 aliphatic carbocycles. The Morgan fingerprint density at radius 3 is 2.48 bits per heavy atom. The maximum Gasteiger partial charge on any atom is 0.257 e. The van der Waals surface area contributed by atoms with Gasteiger partial charge in [0, 0.05) is 34.1 Å². The van der Waals surface area contributed by atoms with Gasteiger partial charge in [0.25, 0.3) is 11.5 Å². The maximum absolute atomic E-state index is 13.3. The van der Waals surface area contributed by atoms with Crippen molar-refractivity contribution in [3.63, 3.8) is 0 Å². The summed E-state index contributed by atoms with van der Waals surface area (Å²) in [5, 5.41) is 3.31. The standard InChI is InChI=1S/C19H12Cl2F2N2O2/c20-13-3-1-11(15(21)7-13)9-25-10-12(2-6-18(25)26)19(27)24-14-4-5-16(22)17(23)8-14/h1-8,10H,9H2,(H,24,27). The first-order valence-electron chi connectivity index (χ1n) is 7.74. The summed E-state index contributed by atoms with van der Waals surface area (Å²) in [7, 11) is 0. The molecular formula is C19H12Cl2F2N2O2. The highest BCUT2D eigenvalue weighted by atomic mass is 35.5. The van der Waals surface area contributed by atoms with Crippen molar-refractivity contribution in [1.82, 2.24) is 4.57 Å². The molecule has 0 unspecified atom stereocenters. The number of nitrogens with zero attached hydrogens (tertiary/aromatic N) is 1. The molecule has 2 aromatic carbocycles. The first-order chi connectivity index (χ1) is 12.8. The number of hydrogen-bond acceptors (Lipinski definition) is 2. The molecule has 0 radical (unpaired) electrons. The first-order valence-corrected chi connectivity index (χ1v) is 8.50. The van der Waals surface area contributed by atoms with Crippen molar-refractivity contribution in [2.75, 3.05) is 5.32 Å². The average molecular weight is 409 g/mol. The lowest BCUT2D eigenvalue weighted by Crippen LogP contribution is -2.22. The van der Waals surface area contributed by atoms with Crippen molar-refractivity contribution in [2.24, 2.45) is 0 Å². The molecule has 1 N–H and O–H groups in total. The van der Waals surface area contributed by atoms with E-state index in [1.54, 1.807) is 18.2 Å². The Balaban J connectivity index is 1.84. The third kappa shape index (κ3) is 4.53. The zero-order chi connectivity index (χ0) is 19.6. The SMILES string of the molecule is O=C(Nc1ccc(F)c(F)c1)c1ccc(=O)n(Cc2ccc(Cl)cc2Cl)c1. The molecule has 0 aliphatic rings. The number of nitrogens with one attached hydrogen (secondary N) is 1. The van der Waals surface area contributed by atoms with E-state index in [9.17, 15) is 18.4 Å². The Morgan fingerprint density at radius 2 is 1.78 bits per heavy atom. The zero-order valence-electron chi connectivity index (χ0n) is 13.7. The fourth-order valence-corrected chi connectivity index (χ4v) is 2.87. The summed E-state index contributed by atoms with van der Waals surface area (Å²) in [5.41, 5.74) is 0.591. The van der Waals surface area contributed by atoms with E-state index < -0.39 is 17.5 Å². The van der Waals surface area contributed by atoms with Gasteiger partial charge in [-0.3, -0.25) is 9.59 Å². The molecule has 138 valence electrons. The summed E-state index contributed by atoms with van der Waals surface area (Å²) in [6.07, 6.45) is 1.36. The third-order valence-electron chi connectivity index (χ3n) is 3.78. The number of carbonyl (C=O) groups is 1. The number of anilines is 1. The van der Waals surface area contributed by atoms with Gasteiger partial charge >= 0.3 is 0 Å². The smallest absolute Gasteiger partial charge is 0.257 e. The summed E-state index contributed by atoms with van der Waals surface area (Å²) < 4.78 is 27.6. The quantitative estimate of drug-likeness (QED) is 0.677. The Kier molecular flexibility index (Phi) is 5.58. The molecule has 0 fully saturated rings. The van der Waals surface area contributed by atoms with Gasteiger partial charge in [-0.1, -0.05) is 29.3 Å². The van der Waals surface area contributed by atoms with Crippen LogP contribution in [0.15, 0.2) is 59.5 Å². The van der Waals surface area contributed by atoms with Gasteiger partial charge in [0.2, 0.25) is 0 Å². The van der Waals surface area contributed by atoms with Crippen molar-refractivity contribution in [3.8, 4) is 0 Å². The third-order valence-corrected chi connectivity index (χ3v) is 4.37. The monoisotopic (exact) mass is 408 g/mol. The second kappa shape index (κ2) is 7.90. The number of carbonyl (C=O) groups excluding carboxylic acids is 1.